The van der Waals surface area contributed by atoms with Crippen molar-refractivity contribution in [3.63, 3.8) is 0 Å². The molecule has 0 spiro atoms. The van der Waals surface area contributed by atoms with Crippen LogP contribution >= 0.6 is 0 Å². The van der Waals surface area contributed by atoms with E-state index in [0.29, 0.717) is 16.9 Å². The molecule has 38 heavy (non-hydrogen) atoms. The Hall–Kier alpha value is -4.11. The molecule has 196 valence electrons. The number of amides is 2. The van der Waals surface area contributed by atoms with Crippen LogP contribution in [0.5, 0.6) is 0 Å². The molecule has 1 saturated heterocycles. The lowest BCUT2D eigenvalue weighted by Crippen LogP contribution is -2.44. The van der Waals surface area contributed by atoms with Crippen LogP contribution in [0.1, 0.15) is 52.8 Å². The molecule has 0 bridgehead atoms. The third-order valence-electron chi connectivity index (χ3n) is 7.62. The maximum atomic E-state index is 13.8. The van der Waals surface area contributed by atoms with Crippen LogP contribution in [-0.4, -0.2) is 53.8 Å². The van der Waals surface area contributed by atoms with E-state index in [0.717, 1.165) is 42.7 Å². The van der Waals surface area contributed by atoms with Crippen LogP contribution in [0.4, 0.5) is 5.69 Å². The monoisotopic (exact) mass is 515 g/mol. The Kier molecular flexibility index (Phi) is 7.20. The van der Waals surface area contributed by atoms with E-state index in [1.165, 1.54) is 49.6 Å². The van der Waals surface area contributed by atoms with Gasteiger partial charge in [0, 0.05) is 35.5 Å². The van der Waals surface area contributed by atoms with Crippen molar-refractivity contribution in [3.05, 3.63) is 72.0 Å². The number of carbonyl (C=O) groups excluding carboxylic acids is 4. The van der Waals surface area contributed by atoms with E-state index in [1.54, 1.807) is 18.2 Å². The highest BCUT2D eigenvalue weighted by atomic mass is 16.7. The van der Waals surface area contributed by atoms with E-state index in [2.05, 4.69) is 5.16 Å². The highest BCUT2D eigenvalue weighted by molar-refractivity contribution is 6.49. The van der Waals surface area contributed by atoms with Crippen molar-refractivity contribution < 1.29 is 28.5 Å². The Morgan fingerprint density at radius 3 is 2.21 bits per heavy atom. The van der Waals surface area contributed by atoms with Gasteiger partial charge in [0.25, 0.3) is 11.8 Å². The Bertz CT molecular complexity index is 1330. The minimum absolute atomic E-state index is 0.0273. The van der Waals surface area contributed by atoms with Gasteiger partial charge in [-0.15, -0.1) is 0 Å². The molecule has 1 aliphatic heterocycles. The molecule has 9 heteroatoms. The van der Waals surface area contributed by atoms with Crippen molar-refractivity contribution in [2.45, 2.75) is 38.1 Å². The third kappa shape index (κ3) is 4.65. The van der Waals surface area contributed by atoms with E-state index in [1.807, 2.05) is 12.1 Å². The number of anilines is 1. The molecular weight excluding hydrogens is 486 g/mol. The predicted molar refractivity (Wildman–Crippen MR) is 138 cm³/mol. The lowest BCUT2D eigenvalue weighted by atomic mass is 9.76. The first-order valence-corrected chi connectivity index (χ1v) is 12.8. The fourth-order valence-electron chi connectivity index (χ4n) is 5.59. The highest BCUT2D eigenvalue weighted by Crippen LogP contribution is 2.41. The largest absolute Gasteiger partial charge is 0.364 e. The van der Waals surface area contributed by atoms with E-state index in [9.17, 15) is 19.2 Å². The minimum atomic E-state index is -1.11. The number of carbonyl (C=O) groups is 4. The standard InChI is InChI=1S/C29H29N3O6/c1-31(37-2)28(35)21-10-8-20(9-11-21)26(33)24-25(19-6-4-3-5-7-19)32(29(36)27(24)34)22-14-12-18(13-15-22)23-16-17-38-30-23/h8-17,19,24-25H,3-7H2,1-2H3. The first-order chi connectivity index (χ1) is 18.4. The fourth-order valence-corrected chi connectivity index (χ4v) is 5.59. The number of rotatable bonds is 7. The van der Waals surface area contributed by atoms with Crippen molar-refractivity contribution >= 4 is 29.1 Å². The molecule has 2 fully saturated rings. The van der Waals surface area contributed by atoms with Gasteiger partial charge in [0.1, 0.15) is 17.9 Å². The van der Waals surface area contributed by atoms with E-state index < -0.39 is 29.4 Å². The number of Topliss-reactive ketones (excluding diaryl/α,β-unsaturated/α-hetero) is 2. The topological polar surface area (TPSA) is 110 Å². The molecule has 2 heterocycles. The average Bonchev–Trinajstić information content (AvgIpc) is 3.59. The van der Waals surface area contributed by atoms with Gasteiger partial charge in [0.15, 0.2) is 5.78 Å². The summed E-state index contributed by atoms with van der Waals surface area (Å²) in [5.41, 5.74) is 2.69. The number of ketones is 2. The summed E-state index contributed by atoms with van der Waals surface area (Å²) in [5.74, 6) is -3.20. The first kappa shape index (κ1) is 25.5. The third-order valence-corrected chi connectivity index (χ3v) is 7.62. The molecule has 0 N–H and O–H groups in total. The summed E-state index contributed by atoms with van der Waals surface area (Å²) in [7, 11) is 2.88. The van der Waals surface area contributed by atoms with Crippen molar-refractivity contribution in [1.82, 2.24) is 10.2 Å². The Morgan fingerprint density at radius 2 is 1.61 bits per heavy atom. The molecule has 1 aromatic heterocycles. The summed E-state index contributed by atoms with van der Waals surface area (Å²) >= 11 is 0. The van der Waals surface area contributed by atoms with Gasteiger partial charge in [0.2, 0.25) is 5.78 Å². The van der Waals surface area contributed by atoms with Gasteiger partial charge in [-0.05, 0) is 43.0 Å². The zero-order valence-corrected chi connectivity index (χ0v) is 21.3. The molecule has 2 aromatic carbocycles. The molecule has 2 atom stereocenters. The predicted octanol–water partition coefficient (Wildman–Crippen LogP) is 4.34. The summed E-state index contributed by atoms with van der Waals surface area (Å²) in [6, 6.07) is 14.5. The van der Waals surface area contributed by atoms with Gasteiger partial charge >= 0.3 is 0 Å². The van der Waals surface area contributed by atoms with Crippen LogP contribution in [-0.2, 0) is 14.4 Å². The molecule has 5 rings (SSSR count). The number of hydrogen-bond donors (Lipinski definition) is 0. The average molecular weight is 516 g/mol. The zero-order valence-electron chi connectivity index (χ0n) is 21.3. The number of aromatic nitrogens is 1. The normalized spacial score (nSPS) is 20.1. The molecule has 1 aliphatic carbocycles. The van der Waals surface area contributed by atoms with Gasteiger partial charge in [-0.1, -0.05) is 48.7 Å². The van der Waals surface area contributed by atoms with Crippen LogP contribution in [0.15, 0.2) is 65.4 Å². The molecule has 2 amide bonds. The number of nitrogens with zero attached hydrogens (tertiary/aromatic N) is 3. The first-order valence-electron chi connectivity index (χ1n) is 12.8. The van der Waals surface area contributed by atoms with Gasteiger partial charge in [-0.2, -0.15) is 0 Å². The van der Waals surface area contributed by atoms with Crippen LogP contribution in [0.3, 0.4) is 0 Å². The smallest absolute Gasteiger partial charge is 0.295 e. The summed E-state index contributed by atoms with van der Waals surface area (Å²) < 4.78 is 4.92. The van der Waals surface area contributed by atoms with Gasteiger partial charge in [-0.25, -0.2) is 5.06 Å². The molecule has 3 aromatic rings. The number of benzene rings is 2. The summed E-state index contributed by atoms with van der Waals surface area (Å²) in [6.07, 6.45) is 6.26. The maximum Gasteiger partial charge on any atom is 0.295 e. The molecular formula is C29H29N3O6. The van der Waals surface area contributed by atoms with E-state index >= 15 is 0 Å². The maximum absolute atomic E-state index is 13.8. The van der Waals surface area contributed by atoms with E-state index in [4.69, 9.17) is 9.36 Å². The summed E-state index contributed by atoms with van der Waals surface area (Å²) in [4.78, 5) is 59.4. The number of hydroxylamine groups is 2. The van der Waals surface area contributed by atoms with Gasteiger partial charge in [0.05, 0.1) is 13.2 Å². The Morgan fingerprint density at radius 1 is 0.947 bits per heavy atom. The van der Waals surface area contributed by atoms with Gasteiger partial charge < -0.3 is 9.42 Å². The van der Waals surface area contributed by atoms with Crippen LogP contribution in [0, 0.1) is 11.8 Å². The van der Waals surface area contributed by atoms with Crippen molar-refractivity contribution in [1.29, 1.82) is 0 Å². The number of hydrogen-bond acceptors (Lipinski definition) is 7. The quantitative estimate of drug-likeness (QED) is 0.199. The lowest BCUT2D eigenvalue weighted by molar-refractivity contribution is -0.135. The van der Waals surface area contributed by atoms with Crippen LogP contribution in [0.25, 0.3) is 11.3 Å². The second kappa shape index (κ2) is 10.7. The molecule has 2 aliphatic rings. The fraction of sp³-hybridized carbons (Fsp3) is 0.345. The second-order valence-electron chi connectivity index (χ2n) is 9.76. The second-order valence-corrected chi connectivity index (χ2v) is 9.76. The molecule has 2 unspecified atom stereocenters. The molecule has 9 nitrogen and oxygen atoms in total. The Balaban J connectivity index is 1.47. The molecule has 0 radical (unpaired) electrons. The Labute approximate surface area is 220 Å². The highest BCUT2D eigenvalue weighted by Gasteiger charge is 2.54. The summed E-state index contributed by atoms with van der Waals surface area (Å²) in [6.45, 7) is 0. The van der Waals surface area contributed by atoms with Crippen LogP contribution in [0.2, 0.25) is 0 Å². The minimum Gasteiger partial charge on any atom is -0.364 e. The SMILES string of the molecule is CON(C)C(=O)c1ccc(C(=O)C2C(=O)C(=O)N(c3ccc(-c4ccon4)cc3)C2C2CCCCC2)cc1. The van der Waals surface area contributed by atoms with Gasteiger partial charge in [-0.3, -0.25) is 24.0 Å². The van der Waals surface area contributed by atoms with E-state index in [-0.39, 0.29) is 17.4 Å². The summed E-state index contributed by atoms with van der Waals surface area (Å²) in [5, 5.41) is 5.03. The van der Waals surface area contributed by atoms with Crippen LogP contribution < -0.4 is 4.90 Å². The molecule has 1 saturated carbocycles. The van der Waals surface area contributed by atoms with Crippen molar-refractivity contribution in [2.24, 2.45) is 11.8 Å². The zero-order chi connectivity index (χ0) is 26.8. The lowest BCUT2D eigenvalue weighted by Gasteiger charge is -2.35. The van der Waals surface area contributed by atoms with Crippen molar-refractivity contribution in [3.8, 4) is 11.3 Å². The van der Waals surface area contributed by atoms with Crippen molar-refractivity contribution in [2.75, 3.05) is 19.1 Å².